The van der Waals surface area contributed by atoms with Crippen molar-refractivity contribution in [2.75, 3.05) is 13.1 Å². The van der Waals surface area contributed by atoms with Crippen LogP contribution in [0.25, 0.3) is 0 Å². The highest BCUT2D eigenvalue weighted by atomic mass is 16.4. The molecule has 100 valence electrons. The molecule has 1 aromatic carbocycles. The van der Waals surface area contributed by atoms with Crippen molar-refractivity contribution in [1.82, 2.24) is 4.90 Å². The third-order valence-electron chi connectivity index (χ3n) is 2.81. The van der Waals surface area contributed by atoms with E-state index in [1.54, 1.807) is 0 Å². The van der Waals surface area contributed by atoms with Crippen molar-refractivity contribution >= 4 is 5.84 Å². The molecule has 0 atom stereocenters. The first-order valence-electron chi connectivity index (χ1n) is 6.36. The molecule has 0 aromatic heterocycles. The molecule has 0 spiro atoms. The second-order valence-electron chi connectivity index (χ2n) is 4.91. The molecular weight excluding hydrogens is 226 g/mol. The zero-order chi connectivity index (χ0) is 13.5. The average molecular weight is 249 g/mol. The molecule has 4 nitrogen and oxygen atoms in total. The second kappa shape index (κ2) is 7.01. The third kappa shape index (κ3) is 4.37. The van der Waals surface area contributed by atoms with E-state index >= 15 is 0 Å². The van der Waals surface area contributed by atoms with E-state index in [2.05, 4.69) is 36.9 Å². The summed E-state index contributed by atoms with van der Waals surface area (Å²) in [4.78, 5) is 2.38. The van der Waals surface area contributed by atoms with E-state index in [0.717, 1.165) is 25.2 Å². The molecular formula is C14H23N3O. The maximum Gasteiger partial charge on any atom is 0.170 e. The lowest BCUT2D eigenvalue weighted by atomic mass is 10.1. The maximum atomic E-state index is 8.68. The van der Waals surface area contributed by atoms with E-state index in [0.29, 0.717) is 5.92 Å². The molecule has 0 fully saturated rings. The summed E-state index contributed by atoms with van der Waals surface area (Å²) < 4.78 is 0. The van der Waals surface area contributed by atoms with Crippen LogP contribution in [-0.4, -0.2) is 29.0 Å². The average Bonchev–Trinajstić information content (AvgIpc) is 2.36. The topological polar surface area (TPSA) is 61.8 Å². The monoisotopic (exact) mass is 249 g/mol. The van der Waals surface area contributed by atoms with Crippen LogP contribution in [0.1, 0.15) is 31.9 Å². The highest BCUT2D eigenvalue weighted by molar-refractivity contribution is 5.97. The Hall–Kier alpha value is -1.55. The molecule has 0 aliphatic carbocycles. The van der Waals surface area contributed by atoms with Crippen molar-refractivity contribution in [3.05, 3.63) is 35.4 Å². The Morgan fingerprint density at radius 2 is 2.17 bits per heavy atom. The minimum absolute atomic E-state index is 0.156. The highest BCUT2D eigenvalue weighted by Crippen LogP contribution is 2.10. The Bertz CT molecular complexity index is 402. The van der Waals surface area contributed by atoms with Crippen LogP contribution in [0.2, 0.25) is 0 Å². The summed E-state index contributed by atoms with van der Waals surface area (Å²) in [6.07, 6.45) is 0. The summed E-state index contributed by atoms with van der Waals surface area (Å²) >= 11 is 0. The van der Waals surface area contributed by atoms with E-state index in [9.17, 15) is 0 Å². The van der Waals surface area contributed by atoms with Gasteiger partial charge in [-0.2, -0.15) is 0 Å². The minimum Gasteiger partial charge on any atom is -0.409 e. The molecule has 0 saturated heterocycles. The molecule has 0 aliphatic heterocycles. The number of amidine groups is 1. The van der Waals surface area contributed by atoms with E-state index < -0.39 is 0 Å². The van der Waals surface area contributed by atoms with Gasteiger partial charge < -0.3 is 10.9 Å². The summed E-state index contributed by atoms with van der Waals surface area (Å²) in [5.74, 6) is 0.806. The summed E-state index contributed by atoms with van der Waals surface area (Å²) in [6.45, 7) is 9.58. The number of hydrogen-bond donors (Lipinski definition) is 2. The molecule has 0 radical (unpaired) electrons. The SMILES string of the molecule is CCN(Cc1cccc(/C(N)=N/O)c1)CC(C)C. The molecule has 4 heteroatoms. The van der Waals surface area contributed by atoms with Gasteiger partial charge in [-0.25, -0.2) is 0 Å². The van der Waals surface area contributed by atoms with Crippen molar-refractivity contribution in [1.29, 1.82) is 0 Å². The van der Waals surface area contributed by atoms with E-state index in [4.69, 9.17) is 10.9 Å². The molecule has 0 amide bonds. The van der Waals surface area contributed by atoms with Crippen LogP contribution >= 0.6 is 0 Å². The molecule has 0 heterocycles. The van der Waals surface area contributed by atoms with Gasteiger partial charge in [-0.1, -0.05) is 44.1 Å². The Balaban J connectivity index is 2.77. The maximum absolute atomic E-state index is 8.68. The lowest BCUT2D eigenvalue weighted by Crippen LogP contribution is -2.27. The quantitative estimate of drug-likeness (QED) is 0.352. The first-order valence-corrected chi connectivity index (χ1v) is 6.36. The smallest absolute Gasteiger partial charge is 0.170 e. The van der Waals surface area contributed by atoms with Gasteiger partial charge in [0.2, 0.25) is 0 Å². The van der Waals surface area contributed by atoms with Crippen LogP contribution in [0.3, 0.4) is 0 Å². The third-order valence-corrected chi connectivity index (χ3v) is 2.81. The lowest BCUT2D eigenvalue weighted by Gasteiger charge is -2.22. The van der Waals surface area contributed by atoms with Gasteiger partial charge in [0.05, 0.1) is 0 Å². The Labute approximate surface area is 109 Å². The van der Waals surface area contributed by atoms with Crippen LogP contribution in [0.4, 0.5) is 0 Å². The Kier molecular flexibility index (Phi) is 5.65. The van der Waals surface area contributed by atoms with Gasteiger partial charge in [0.1, 0.15) is 0 Å². The van der Waals surface area contributed by atoms with Crippen LogP contribution in [0, 0.1) is 5.92 Å². The fraction of sp³-hybridized carbons (Fsp3) is 0.500. The molecule has 1 rings (SSSR count). The zero-order valence-corrected chi connectivity index (χ0v) is 11.4. The summed E-state index contributed by atoms with van der Waals surface area (Å²) in [7, 11) is 0. The largest absolute Gasteiger partial charge is 0.409 e. The van der Waals surface area contributed by atoms with Crippen LogP contribution in [0.5, 0.6) is 0 Å². The molecule has 0 bridgehead atoms. The minimum atomic E-state index is 0.156. The first kappa shape index (κ1) is 14.5. The van der Waals surface area contributed by atoms with E-state index in [1.807, 2.05) is 18.2 Å². The van der Waals surface area contributed by atoms with Gasteiger partial charge in [-0.05, 0) is 24.1 Å². The lowest BCUT2D eigenvalue weighted by molar-refractivity contribution is 0.248. The van der Waals surface area contributed by atoms with Crippen molar-refractivity contribution in [2.24, 2.45) is 16.8 Å². The van der Waals surface area contributed by atoms with Crippen LogP contribution in [-0.2, 0) is 6.54 Å². The predicted octanol–water partition coefficient (Wildman–Crippen LogP) is 2.26. The summed E-state index contributed by atoms with van der Waals surface area (Å²) in [6, 6.07) is 7.82. The number of hydrogen-bond acceptors (Lipinski definition) is 3. The van der Waals surface area contributed by atoms with Crippen LogP contribution in [0.15, 0.2) is 29.4 Å². The second-order valence-corrected chi connectivity index (χ2v) is 4.91. The molecule has 3 N–H and O–H groups in total. The molecule has 0 unspecified atom stereocenters. The predicted molar refractivity (Wildman–Crippen MR) is 74.7 cm³/mol. The first-order chi connectivity index (χ1) is 8.56. The number of oxime groups is 1. The van der Waals surface area contributed by atoms with E-state index in [-0.39, 0.29) is 5.84 Å². The highest BCUT2D eigenvalue weighted by Gasteiger charge is 2.07. The number of benzene rings is 1. The normalized spacial score (nSPS) is 12.4. The molecule has 0 aliphatic rings. The fourth-order valence-corrected chi connectivity index (χ4v) is 1.97. The Morgan fingerprint density at radius 1 is 1.44 bits per heavy atom. The van der Waals surface area contributed by atoms with Gasteiger partial charge in [0.15, 0.2) is 5.84 Å². The fourth-order valence-electron chi connectivity index (χ4n) is 1.97. The van der Waals surface area contributed by atoms with Gasteiger partial charge in [0.25, 0.3) is 0 Å². The Morgan fingerprint density at radius 3 is 2.72 bits per heavy atom. The van der Waals surface area contributed by atoms with E-state index in [1.165, 1.54) is 5.56 Å². The molecule has 1 aromatic rings. The standard InChI is InChI=1S/C14H23N3O/c1-4-17(9-11(2)3)10-12-6-5-7-13(8-12)14(15)16-18/h5-8,11,18H,4,9-10H2,1-3H3,(H2,15,16). The van der Waals surface area contributed by atoms with Gasteiger partial charge in [-0.3, -0.25) is 4.90 Å². The van der Waals surface area contributed by atoms with Gasteiger partial charge in [-0.15, -0.1) is 0 Å². The number of nitrogens with two attached hydrogens (primary N) is 1. The van der Waals surface area contributed by atoms with Crippen LogP contribution < -0.4 is 5.73 Å². The van der Waals surface area contributed by atoms with Gasteiger partial charge in [0, 0.05) is 18.7 Å². The van der Waals surface area contributed by atoms with Gasteiger partial charge >= 0.3 is 0 Å². The molecule has 0 saturated carbocycles. The zero-order valence-electron chi connectivity index (χ0n) is 11.4. The van der Waals surface area contributed by atoms with Crippen molar-refractivity contribution in [3.8, 4) is 0 Å². The van der Waals surface area contributed by atoms with Crippen molar-refractivity contribution in [2.45, 2.75) is 27.3 Å². The summed E-state index contributed by atoms with van der Waals surface area (Å²) in [5.41, 5.74) is 7.54. The van der Waals surface area contributed by atoms with Crippen molar-refractivity contribution < 1.29 is 5.21 Å². The number of rotatable bonds is 6. The summed E-state index contributed by atoms with van der Waals surface area (Å²) in [5, 5.41) is 11.7. The molecule has 18 heavy (non-hydrogen) atoms. The van der Waals surface area contributed by atoms with Crippen molar-refractivity contribution in [3.63, 3.8) is 0 Å². The number of nitrogens with zero attached hydrogens (tertiary/aromatic N) is 2.